The minimum atomic E-state index is 0.0664. The molecular formula is C13H19NO2S. The van der Waals surface area contributed by atoms with Gasteiger partial charge in [0.25, 0.3) is 0 Å². The molecule has 1 fully saturated rings. The van der Waals surface area contributed by atoms with Crippen LogP contribution in [0.4, 0.5) is 0 Å². The molecule has 17 heavy (non-hydrogen) atoms. The molecule has 4 heteroatoms. The van der Waals surface area contributed by atoms with E-state index in [0.717, 1.165) is 30.3 Å². The zero-order chi connectivity index (χ0) is 12.3. The minimum absolute atomic E-state index is 0.0664. The molecule has 2 rings (SSSR count). The van der Waals surface area contributed by atoms with Crippen LogP contribution in [0.3, 0.4) is 0 Å². The molecule has 1 heterocycles. The van der Waals surface area contributed by atoms with Gasteiger partial charge in [0.2, 0.25) is 0 Å². The molecule has 0 radical (unpaired) electrons. The van der Waals surface area contributed by atoms with Crippen LogP contribution < -0.4 is 10.5 Å². The smallest absolute Gasteiger partial charge is 0.122 e. The monoisotopic (exact) mass is 253 g/mol. The van der Waals surface area contributed by atoms with E-state index in [1.807, 2.05) is 30.8 Å². The van der Waals surface area contributed by atoms with Crippen molar-refractivity contribution in [3.8, 4) is 5.75 Å². The number of nitrogens with two attached hydrogens (primary N) is 1. The summed E-state index contributed by atoms with van der Waals surface area (Å²) in [6.07, 6.45) is 0. The van der Waals surface area contributed by atoms with E-state index < -0.39 is 0 Å². The largest absolute Gasteiger partial charge is 0.496 e. The van der Waals surface area contributed by atoms with Crippen molar-refractivity contribution in [3.05, 3.63) is 29.3 Å². The van der Waals surface area contributed by atoms with Crippen molar-refractivity contribution >= 4 is 11.8 Å². The van der Waals surface area contributed by atoms with Crippen molar-refractivity contribution in [1.29, 1.82) is 0 Å². The second-order valence-corrected chi connectivity index (χ2v) is 5.62. The maximum atomic E-state index is 5.90. The van der Waals surface area contributed by atoms with Crippen LogP contribution in [0.2, 0.25) is 0 Å². The number of hydrogen-bond donors (Lipinski definition) is 1. The highest BCUT2D eigenvalue weighted by Crippen LogP contribution is 2.30. The van der Waals surface area contributed by atoms with Gasteiger partial charge in [0, 0.05) is 17.4 Å². The van der Waals surface area contributed by atoms with Gasteiger partial charge in [-0.3, -0.25) is 0 Å². The van der Waals surface area contributed by atoms with Gasteiger partial charge in [-0.05, 0) is 24.6 Å². The standard InChI is InChI=1S/C13H19NO2S/c1-9(14)10-3-4-13(15-2)11(5-10)8-17-12-6-16-7-12/h3-5,9,12H,6-8,14H2,1-2H3. The number of methoxy groups -OCH3 is 1. The Bertz CT molecular complexity index is 378. The van der Waals surface area contributed by atoms with Crippen molar-refractivity contribution < 1.29 is 9.47 Å². The molecule has 1 aromatic carbocycles. The highest BCUT2D eigenvalue weighted by molar-refractivity contribution is 7.99. The third kappa shape index (κ3) is 3.15. The summed E-state index contributed by atoms with van der Waals surface area (Å²) in [5.74, 6) is 1.90. The van der Waals surface area contributed by atoms with Crippen LogP contribution in [0.5, 0.6) is 5.75 Å². The SMILES string of the molecule is COc1ccc(C(C)N)cc1CSC1COC1. The van der Waals surface area contributed by atoms with Crippen molar-refractivity contribution in [2.24, 2.45) is 5.73 Å². The second kappa shape index (κ2) is 5.76. The molecule has 2 N–H and O–H groups in total. The van der Waals surface area contributed by atoms with Crippen molar-refractivity contribution in [3.63, 3.8) is 0 Å². The first-order chi connectivity index (χ1) is 8.20. The van der Waals surface area contributed by atoms with E-state index in [1.54, 1.807) is 7.11 Å². The Morgan fingerprint density at radius 2 is 2.29 bits per heavy atom. The third-order valence-corrected chi connectivity index (χ3v) is 4.13. The number of thioether (sulfide) groups is 1. The summed E-state index contributed by atoms with van der Waals surface area (Å²) in [5, 5.41) is 0.638. The topological polar surface area (TPSA) is 44.5 Å². The van der Waals surface area contributed by atoms with Gasteiger partial charge in [0.1, 0.15) is 5.75 Å². The molecule has 0 saturated carbocycles. The van der Waals surface area contributed by atoms with E-state index in [1.165, 1.54) is 5.56 Å². The van der Waals surface area contributed by atoms with E-state index in [9.17, 15) is 0 Å². The highest BCUT2D eigenvalue weighted by atomic mass is 32.2. The third-order valence-electron chi connectivity index (χ3n) is 2.91. The maximum Gasteiger partial charge on any atom is 0.122 e. The average molecular weight is 253 g/mol. The summed E-state index contributed by atoms with van der Waals surface area (Å²) in [4.78, 5) is 0. The van der Waals surface area contributed by atoms with Gasteiger partial charge in [0.15, 0.2) is 0 Å². The molecule has 1 aromatic rings. The van der Waals surface area contributed by atoms with Gasteiger partial charge in [-0.2, -0.15) is 0 Å². The van der Waals surface area contributed by atoms with Crippen LogP contribution in [-0.4, -0.2) is 25.6 Å². The van der Waals surface area contributed by atoms with E-state index in [-0.39, 0.29) is 6.04 Å². The lowest BCUT2D eigenvalue weighted by Crippen LogP contribution is -2.30. The van der Waals surface area contributed by atoms with Crippen LogP contribution in [0, 0.1) is 0 Å². The van der Waals surface area contributed by atoms with Gasteiger partial charge in [-0.1, -0.05) is 6.07 Å². The number of benzene rings is 1. The molecule has 0 aliphatic carbocycles. The Morgan fingerprint density at radius 1 is 1.53 bits per heavy atom. The van der Waals surface area contributed by atoms with Gasteiger partial charge in [0.05, 0.1) is 25.6 Å². The van der Waals surface area contributed by atoms with E-state index >= 15 is 0 Å². The Balaban J connectivity index is 2.07. The fourth-order valence-corrected chi connectivity index (χ4v) is 2.74. The molecule has 1 unspecified atom stereocenters. The van der Waals surface area contributed by atoms with Crippen LogP contribution in [0.25, 0.3) is 0 Å². The summed E-state index contributed by atoms with van der Waals surface area (Å²) < 4.78 is 10.5. The van der Waals surface area contributed by atoms with Crippen molar-refractivity contribution in [2.75, 3.05) is 20.3 Å². The minimum Gasteiger partial charge on any atom is -0.496 e. The van der Waals surface area contributed by atoms with Crippen LogP contribution in [0.1, 0.15) is 24.1 Å². The predicted octanol–water partition coefficient (Wildman–Crippen LogP) is 2.35. The molecule has 1 aliphatic heterocycles. The molecule has 1 atom stereocenters. The van der Waals surface area contributed by atoms with Gasteiger partial charge < -0.3 is 15.2 Å². The molecule has 1 saturated heterocycles. The summed E-state index contributed by atoms with van der Waals surface area (Å²) in [5.41, 5.74) is 8.28. The Hall–Kier alpha value is -0.710. The predicted molar refractivity (Wildman–Crippen MR) is 71.5 cm³/mol. The summed E-state index contributed by atoms with van der Waals surface area (Å²) >= 11 is 1.92. The van der Waals surface area contributed by atoms with Crippen LogP contribution >= 0.6 is 11.8 Å². The normalized spacial score (nSPS) is 17.6. The molecule has 0 bridgehead atoms. The number of rotatable bonds is 5. The highest BCUT2D eigenvalue weighted by Gasteiger charge is 2.19. The summed E-state index contributed by atoms with van der Waals surface area (Å²) in [6, 6.07) is 6.25. The molecule has 0 amide bonds. The molecule has 0 aromatic heterocycles. The van der Waals surface area contributed by atoms with Crippen molar-refractivity contribution in [2.45, 2.75) is 24.0 Å². The lowest BCUT2D eigenvalue weighted by Gasteiger charge is -2.25. The first kappa shape index (κ1) is 12.7. The van der Waals surface area contributed by atoms with Gasteiger partial charge >= 0.3 is 0 Å². The molecule has 1 aliphatic rings. The Labute approximate surface area is 107 Å². The van der Waals surface area contributed by atoms with Crippen LogP contribution in [0.15, 0.2) is 18.2 Å². The average Bonchev–Trinajstić information content (AvgIpc) is 2.26. The molecule has 3 nitrogen and oxygen atoms in total. The summed E-state index contributed by atoms with van der Waals surface area (Å²) in [6.45, 7) is 3.75. The lowest BCUT2D eigenvalue weighted by molar-refractivity contribution is 0.0455. The summed E-state index contributed by atoms with van der Waals surface area (Å²) in [7, 11) is 1.71. The van der Waals surface area contributed by atoms with Gasteiger partial charge in [-0.15, -0.1) is 11.8 Å². The maximum absolute atomic E-state index is 5.90. The fraction of sp³-hybridized carbons (Fsp3) is 0.538. The lowest BCUT2D eigenvalue weighted by atomic mass is 10.1. The fourth-order valence-electron chi connectivity index (χ4n) is 1.71. The Morgan fingerprint density at radius 3 is 2.82 bits per heavy atom. The zero-order valence-electron chi connectivity index (χ0n) is 10.3. The second-order valence-electron chi connectivity index (χ2n) is 4.33. The van der Waals surface area contributed by atoms with E-state index in [2.05, 4.69) is 6.07 Å². The number of hydrogen-bond acceptors (Lipinski definition) is 4. The molecule has 0 spiro atoms. The number of ether oxygens (including phenoxy) is 2. The quantitative estimate of drug-likeness (QED) is 0.875. The van der Waals surface area contributed by atoms with Crippen molar-refractivity contribution in [1.82, 2.24) is 0 Å². The molecule has 94 valence electrons. The van der Waals surface area contributed by atoms with E-state index in [4.69, 9.17) is 15.2 Å². The first-order valence-corrected chi connectivity index (χ1v) is 6.87. The van der Waals surface area contributed by atoms with Gasteiger partial charge in [-0.25, -0.2) is 0 Å². The van der Waals surface area contributed by atoms with Crippen LogP contribution in [-0.2, 0) is 10.5 Å². The molecular weight excluding hydrogens is 234 g/mol. The Kier molecular flexibility index (Phi) is 4.31. The first-order valence-electron chi connectivity index (χ1n) is 5.82. The zero-order valence-corrected chi connectivity index (χ0v) is 11.1. The van der Waals surface area contributed by atoms with E-state index in [0.29, 0.717) is 5.25 Å².